The molecule has 4 fully saturated rings. The van der Waals surface area contributed by atoms with Crippen LogP contribution in [0.1, 0.15) is 67.9 Å². The van der Waals surface area contributed by atoms with Gasteiger partial charge in [-0.2, -0.15) is 5.26 Å². The Balaban J connectivity index is 1.23. The standard InChI is InChI=1S/C23H28N2O4S/c1-13-2-3-16-17(10-24)20(30-18(16)4-13)25-19(26)11-29-21(27)22-6-14-5-15(7-22)9-23(28,8-14)12-22/h13-15,28H,2-9,11-12H2,1H3,(H,25,26). The van der Waals surface area contributed by atoms with E-state index in [2.05, 4.69) is 18.3 Å². The minimum Gasteiger partial charge on any atom is -0.455 e. The Kier molecular flexibility index (Phi) is 4.71. The van der Waals surface area contributed by atoms with Gasteiger partial charge in [0.05, 0.1) is 16.6 Å². The lowest BCUT2D eigenvalue weighted by atomic mass is 9.48. The molecule has 6 rings (SSSR count). The number of rotatable bonds is 4. The number of hydrogen-bond acceptors (Lipinski definition) is 6. The predicted molar refractivity (Wildman–Crippen MR) is 112 cm³/mol. The summed E-state index contributed by atoms with van der Waals surface area (Å²) < 4.78 is 5.46. The summed E-state index contributed by atoms with van der Waals surface area (Å²) in [5, 5.41) is 23.8. The minimum absolute atomic E-state index is 0.343. The molecule has 2 N–H and O–H groups in total. The van der Waals surface area contributed by atoms with Gasteiger partial charge in [-0.05, 0) is 81.1 Å². The number of nitrogens with one attached hydrogen (secondary N) is 1. The monoisotopic (exact) mass is 428 g/mol. The summed E-state index contributed by atoms with van der Waals surface area (Å²) in [6.07, 6.45) is 7.52. The number of anilines is 1. The Hall–Kier alpha value is -1.91. The van der Waals surface area contributed by atoms with Crippen LogP contribution in [0.2, 0.25) is 0 Å². The van der Waals surface area contributed by atoms with Gasteiger partial charge in [0.1, 0.15) is 11.1 Å². The first kappa shape index (κ1) is 20.0. The van der Waals surface area contributed by atoms with Crippen molar-refractivity contribution in [3.05, 3.63) is 16.0 Å². The number of thiophene rings is 1. The summed E-state index contributed by atoms with van der Waals surface area (Å²) in [7, 11) is 0. The first-order chi connectivity index (χ1) is 14.3. The van der Waals surface area contributed by atoms with Crippen LogP contribution in [0.3, 0.4) is 0 Å². The predicted octanol–water partition coefficient (Wildman–Crippen LogP) is 3.56. The topological polar surface area (TPSA) is 99.4 Å². The molecule has 30 heavy (non-hydrogen) atoms. The lowest BCUT2D eigenvalue weighted by Crippen LogP contribution is -2.58. The Morgan fingerprint density at radius 2 is 2.03 bits per heavy atom. The van der Waals surface area contributed by atoms with E-state index in [4.69, 9.17) is 4.74 Å². The number of esters is 1. The molecule has 1 aromatic heterocycles. The average Bonchev–Trinajstić information content (AvgIpc) is 2.99. The van der Waals surface area contributed by atoms with E-state index in [9.17, 15) is 20.0 Å². The Morgan fingerprint density at radius 1 is 1.30 bits per heavy atom. The second-order valence-corrected chi connectivity index (χ2v) is 11.4. The number of aliphatic hydroxyl groups is 1. The van der Waals surface area contributed by atoms with E-state index in [1.54, 1.807) is 0 Å². The Bertz CT molecular complexity index is 932. The molecule has 4 saturated carbocycles. The van der Waals surface area contributed by atoms with E-state index >= 15 is 0 Å². The highest BCUT2D eigenvalue weighted by atomic mass is 32.1. The number of carbonyl (C=O) groups excluding carboxylic acids is 2. The lowest BCUT2D eigenvalue weighted by Gasteiger charge is -2.58. The molecule has 1 amide bonds. The molecular formula is C23H28N2O4S. The molecule has 4 bridgehead atoms. The first-order valence-corrected chi connectivity index (χ1v) is 11.8. The number of carbonyl (C=O) groups is 2. The maximum atomic E-state index is 13.0. The molecule has 3 atom stereocenters. The quantitative estimate of drug-likeness (QED) is 0.715. The maximum Gasteiger partial charge on any atom is 0.312 e. The lowest BCUT2D eigenvalue weighted by molar-refractivity contribution is -0.196. The van der Waals surface area contributed by atoms with Crippen molar-refractivity contribution in [3.63, 3.8) is 0 Å². The van der Waals surface area contributed by atoms with Crippen molar-refractivity contribution in [3.8, 4) is 6.07 Å². The molecule has 7 heteroatoms. The zero-order chi connectivity index (χ0) is 21.1. The first-order valence-electron chi connectivity index (χ1n) is 11.0. The van der Waals surface area contributed by atoms with Crippen LogP contribution in [-0.4, -0.2) is 29.2 Å². The van der Waals surface area contributed by atoms with Crippen LogP contribution in [-0.2, 0) is 27.2 Å². The fraction of sp³-hybridized carbons (Fsp3) is 0.696. The number of ether oxygens (including phenoxy) is 1. The fourth-order valence-electron chi connectivity index (χ4n) is 6.86. The van der Waals surface area contributed by atoms with Crippen molar-refractivity contribution < 1.29 is 19.4 Å². The van der Waals surface area contributed by atoms with Crippen LogP contribution < -0.4 is 5.32 Å². The molecule has 160 valence electrons. The van der Waals surface area contributed by atoms with Crippen LogP contribution in [0.4, 0.5) is 5.00 Å². The molecule has 3 unspecified atom stereocenters. The number of nitrogens with zero attached hydrogens (tertiary/aromatic N) is 1. The second-order valence-electron chi connectivity index (χ2n) is 10.3. The van der Waals surface area contributed by atoms with Crippen molar-refractivity contribution in [2.45, 2.75) is 70.3 Å². The van der Waals surface area contributed by atoms with Crippen LogP contribution in [0, 0.1) is 34.5 Å². The summed E-state index contributed by atoms with van der Waals surface area (Å²) in [6, 6.07) is 2.24. The smallest absolute Gasteiger partial charge is 0.312 e. The summed E-state index contributed by atoms with van der Waals surface area (Å²) in [5.74, 6) is 0.605. The van der Waals surface area contributed by atoms with Gasteiger partial charge in [-0.1, -0.05) is 6.92 Å². The highest BCUT2D eigenvalue weighted by molar-refractivity contribution is 7.16. The molecule has 5 aliphatic rings. The molecule has 1 heterocycles. The van der Waals surface area contributed by atoms with E-state index in [1.165, 1.54) is 16.2 Å². The molecule has 1 aromatic rings. The zero-order valence-corrected chi connectivity index (χ0v) is 18.1. The van der Waals surface area contributed by atoms with Crippen LogP contribution in [0.15, 0.2) is 0 Å². The summed E-state index contributed by atoms with van der Waals surface area (Å²) in [6.45, 7) is 1.85. The van der Waals surface area contributed by atoms with Crippen LogP contribution in [0.25, 0.3) is 0 Å². The zero-order valence-electron chi connectivity index (χ0n) is 17.3. The van der Waals surface area contributed by atoms with Gasteiger partial charge in [0.15, 0.2) is 6.61 Å². The Labute approximate surface area is 180 Å². The van der Waals surface area contributed by atoms with Crippen LogP contribution in [0.5, 0.6) is 0 Å². The van der Waals surface area contributed by atoms with Gasteiger partial charge in [0, 0.05) is 4.88 Å². The van der Waals surface area contributed by atoms with Crippen molar-refractivity contribution in [2.75, 3.05) is 11.9 Å². The van der Waals surface area contributed by atoms with Gasteiger partial charge in [-0.15, -0.1) is 11.3 Å². The number of amides is 1. The third kappa shape index (κ3) is 3.34. The third-order valence-corrected chi connectivity index (χ3v) is 8.84. The molecule has 0 aromatic carbocycles. The number of hydrogen-bond donors (Lipinski definition) is 2. The highest BCUT2D eigenvalue weighted by Gasteiger charge is 2.60. The van der Waals surface area contributed by atoms with E-state index in [1.807, 2.05) is 0 Å². The van der Waals surface area contributed by atoms with Crippen molar-refractivity contribution in [1.82, 2.24) is 0 Å². The average molecular weight is 429 g/mol. The highest BCUT2D eigenvalue weighted by Crippen LogP contribution is 2.62. The van der Waals surface area contributed by atoms with E-state index in [-0.39, 0.29) is 12.6 Å². The molecular weight excluding hydrogens is 400 g/mol. The summed E-state index contributed by atoms with van der Waals surface area (Å²) >= 11 is 1.47. The number of nitriles is 1. The second kappa shape index (κ2) is 7.06. The van der Waals surface area contributed by atoms with Crippen LogP contribution >= 0.6 is 11.3 Å². The largest absolute Gasteiger partial charge is 0.455 e. The molecule has 0 spiro atoms. The number of fused-ring (bicyclic) bond motifs is 1. The van der Waals surface area contributed by atoms with Gasteiger partial charge < -0.3 is 15.2 Å². The molecule has 5 aliphatic carbocycles. The van der Waals surface area contributed by atoms with E-state index in [0.29, 0.717) is 34.7 Å². The Morgan fingerprint density at radius 3 is 2.70 bits per heavy atom. The minimum atomic E-state index is -0.736. The molecule has 0 saturated heterocycles. The van der Waals surface area contributed by atoms with Gasteiger partial charge in [-0.25, -0.2) is 0 Å². The third-order valence-electron chi connectivity index (χ3n) is 7.67. The van der Waals surface area contributed by atoms with Crippen molar-refractivity contribution >= 4 is 28.2 Å². The molecule has 6 nitrogen and oxygen atoms in total. The normalized spacial score (nSPS) is 36.1. The van der Waals surface area contributed by atoms with E-state index in [0.717, 1.165) is 56.9 Å². The van der Waals surface area contributed by atoms with E-state index < -0.39 is 16.9 Å². The molecule has 0 aliphatic heterocycles. The SMILES string of the molecule is CC1CCc2c(sc(NC(=O)COC(=O)C34CC5CC(CC(O)(C5)C3)C4)c2C#N)C1. The van der Waals surface area contributed by atoms with Gasteiger partial charge in [0.2, 0.25) is 0 Å². The fourth-order valence-corrected chi connectivity index (χ4v) is 8.23. The summed E-state index contributed by atoms with van der Waals surface area (Å²) in [5.41, 5.74) is 0.259. The van der Waals surface area contributed by atoms with Gasteiger partial charge >= 0.3 is 5.97 Å². The molecule has 0 radical (unpaired) electrons. The summed E-state index contributed by atoms with van der Waals surface area (Å²) in [4.78, 5) is 26.6. The van der Waals surface area contributed by atoms with Gasteiger partial charge in [-0.3, -0.25) is 9.59 Å². The van der Waals surface area contributed by atoms with Gasteiger partial charge in [0.25, 0.3) is 5.91 Å². The maximum absolute atomic E-state index is 13.0. The van der Waals surface area contributed by atoms with Crippen molar-refractivity contribution in [1.29, 1.82) is 5.26 Å². The van der Waals surface area contributed by atoms with Crippen molar-refractivity contribution in [2.24, 2.45) is 23.2 Å².